The van der Waals surface area contributed by atoms with Crippen molar-refractivity contribution in [2.75, 3.05) is 6.54 Å². The van der Waals surface area contributed by atoms with E-state index in [-0.39, 0.29) is 12.5 Å². The minimum Gasteiger partial charge on any atom is -0.481 e. The van der Waals surface area contributed by atoms with Gasteiger partial charge in [0.15, 0.2) is 6.10 Å². The Morgan fingerprint density at radius 3 is 2.65 bits per heavy atom. The molecule has 0 saturated carbocycles. The minimum absolute atomic E-state index is 0.131. The second-order valence-electron chi connectivity index (χ2n) is 4.63. The molecule has 20 heavy (non-hydrogen) atoms. The third-order valence-corrected chi connectivity index (χ3v) is 3.11. The summed E-state index contributed by atoms with van der Waals surface area (Å²) >= 11 is 0. The van der Waals surface area contributed by atoms with Gasteiger partial charge in [-0.2, -0.15) is 0 Å². The molecule has 3 amide bonds. The highest BCUT2D eigenvalue weighted by Crippen LogP contribution is 2.14. The number of benzene rings is 1. The van der Waals surface area contributed by atoms with Crippen LogP contribution in [0.25, 0.3) is 0 Å². The zero-order valence-electron chi connectivity index (χ0n) is 11.3. The van der Waals surface area contributed by atoms with Gasteiger partial charge in [-0.15, -0.1) is 0 Å². The number of ether oxygens (including phenoxy) is 1. The third kappa shape index (κ3) is 2.96. The maximum absolute atomic E-state index is 12.3. The van der Waals surface area contributed by atoms with Gasteiger partial charge >= 0.3 is 0 Å². The van der Waals surface area contributed by atoms with Crippen molar-refractivity contribution in [2.24, 2.45) is 0 Å². The van der Waals surface area contributed by atoms with E-state index in [1.807, 2.05) is 6.07 Å². The number of rotatable bonds is 3. The van der Waals surface area contributed by atoms with E-state index in [9.17, 15) is 14.4 Å². The van der Waals surface area contributed by atoms with Crippen LogP contribution in [-0.2, 0) is 14.4 Å². The van der Waals surface area contributed by atoms with E-state index in [4.69, 9.17) is 4.74 Å². The van der Waals surface area contributed by atoms with Crippen LogP contribution in [-0.4, -0.2) is 41.3 Å². The van der Waals surface area contributed by atoms with Crippen LogP contribution in [0.4, 0.5) is 0 Å². The first kappa shape index (κ1) is 14.0. The highest BCUT2D eigenvalue weighted by molar-refractivity contribution is 6.04. The normalized spacial score (nSPS) is 20.3. The number of carbonyl (C=O) groups is 3. The van der Waals surface area contributed by atoms with Gasteiger partial charge in [0.05, 0.1) is 0 Å². The van der Waals surface area contributed by atoms with Gasteiger partial charge in [-0.3, -0.25) is 19.7 Å². The lowest BCUT2D eigenvalue weighted by atomic mass is 10.1. The highest BCUT2D eigenvalue weighted by atomic mass is 16.5. The second-order valence-corrected chi connectivity index (χ2v) is 4.63. The number of nitrogens with one attached hydrogen (secondary N) is 1. The summed E-state index contributed by atoms with van der Waals surface area (Å²) in [6, 6.07) is 8.24. The lowest BCUT2D eigenvalue weighted by Gasteiger charge is -2.33. The first-order valence-electron chi connectivity index (χ1n) is 6.35. The Kier molecular flexibility index (Phi) is 4.02. The number of carbonyl (C=O) groups excluding carboxylic acids is 3. The van der Waals surface area contributed by atoms with E-state index >= 15 is 0 Å². The van der Waals surface area contributed by atoms with Crippen molar-refractivity contribution < 1.29 is 19.1 Å². The Balaban J connectivity index is 2.06. The topological polar surface area (TPSA) is 75.7 Å². The lowest BCUT2D eigenvalue weighted by Crippen LogP contribution is -2.60. The maximum Gasteiger partial charge on any atom is 0.264 e. The van der Waals surface area contributed by atoms with Crippen molar-refractivity contribution in [3.63, 3.8) is 0 Å². The van der Waals surface area contributed by atoms with Gasteiger partial charge in [0.2, 0.25) is 11.8 Å². The molecule has 6 heteroatoms. The SMILES string of the molecule is CC(Oc1ccccc1)C(=O)N1CC(=O)NC(=O)C1C. The molecule has 1 N–H and O–H groups in total. The molecule has 2 atom stereocenters. The van der Waals surface area contributed by atoms with Gasteiger partial charge in [0.25, 0.3) is 5.91 Å². The van der Waals surface area contributed by atoms with Gasteiger partial charge in [-0.05, 0) is 26.0 Å². The number of para-hydroxylation sites is 1. The molecular weight excluding hydrogens is 260 g/mol. The summed E-state index contributed by atoms with van der Waals surface area (Å²) < 4.78 is 5.51. The molecule has 1 aliphatic rings. The molecule has 0 aromatic heterocycles. The first-order valence-corrected chi connectivity index (χ1v) is 6.35. The molecule has 0 spiro atoms. The summed E-state index contributed by atoms with van der Waals surface area (Å²) in [4.78, 5) is 36.4. The zero-order valence-corrected chi connectivity index (χ0v) is 11.3. The molecule has 6 nitrogen and oxygen atoms in total. The quantitative estimate of drug-likeness (QED) is 0.807. The Bertz CT molecular complexity index is 529. The van der Waals surface area contributed by atoms with Gasteiger partial charge in [0, 0.05) is 0 Å². The van der Waals surface area contributed by atoms with Crippen molar-refractivity contribution >= 4 is 17.7 Å². The van der Waals surface area contributed by atoms with Crippen molar-refractivity contribution in [3.8, 4) is 5.75 Å². The van der Waals surface area contributed by atoms with Crippen molar-refractivity contribution in [1.29, 1.82) is 0 Å². The molecule has 0 aliphatic carbocycles. The Morgan fingerprint density at radius 2 is 2.00 bits per heavy atom. The predicted octanol–water partition coefficient (Wildman–Crippen LogP) is 0.327. The van der Waals surface area contributed by atoms with Crippen molar-refractivity contribution in [3.05, 3.63) is 30.3 Å². The maximum atomic E-state index is 12.3. The van der Waals surface area contributed by atoms with Crippen LogP contribution in [0.5, 0.6) is 5.75 Å². The molecular formula is C14H16N2O4. The summed E-state index contributed by atoms with van der Waals surface area (Å²) in [7, 11) is 0. The zero-order chi connectivity index (χ0) is 14.7. The average molecular weight is 276 g/mol. The fourth-order valence-corrected chi connectivity index (χ4v) is 1.97. The first-order chi connectivity index (χ1) is 9.49. The van der Waals surface area contributed by atoms with E-state index in [0.717, 1.165) is 0 Å². The third-order valence-electron chi connectivity index (χ3n) is 3.11. The van der Waals surface area contributed by atoms with Crippen LogP contribution >= 0.6 is 0 Å². The van der Waals surface area contributed by atoms with Gasteiger partial charge in [-0.25, -0.2) is 0 Å². The van der Waals surface area contributed by atoms with Crippen LogP contribution in [0.1, 0.15) is 13.8 Å². The number of piperazine rings is 1. The Labute approximate surface area is 116 Å². The summed E-state index contributed by atoms with van der Waals surface area (Å²) in [5, 5.41) is 2.19. The van der Waals surface area contributed by atoms with E-state index in [2.05, 4.69) is 5.32 Å². The monoisotopic (exact) mass is 276 g/mol. The number of amides is 3. The molecule has 1 aromatic rings. The number of hydrogen-bond donors (Lipinski definition) is 1. The van der Waals surface area contributed by atoms with Gasteiger partial charge < -0.3 is 9.64 Å². The fraction of sp³-hybridized carbons (Fsp3) is 0.357. The van der Waals surface area contributed by atoms with E-state index in [1.54, 1.807) is 38.1 Å². The molecule has 1 heterocycles. The molecule has 1 aromatic carbocycles. The fourth-order valence-electron chi connectivity index (χ4n) is 1.97. The van der Waals surface area contributed by atoms with Crippen LogP contribution in [0.15, 0.2) is 30.3 Å². The molecule has 1 saturated heterocycles. The molecule has 0 radical (unpaired) electrons. The molecule has 1 aliphatic heterocycles. The average Bonchev–Trinajstić information content (AvgIpc) is 2.43. The Morgan fingerprint density at radius 1 is 1.35 bits per heavy atom. The van der Waals surface area contributed by atoms with Gasteiger partial charge in [-0.1, -0.05) is 18.2 Å². The molecule has 1 fully saturated rings. The van der Waals surface area contributed by atoms with Crippen molar-refractivity contribution in [2.45, 2.75) is 26.0 Å². The number of hydrogen-bond acceptors (Lipinski definition) is 4. The molecule has 2 unspecified atom stereocenters. The molecule has 106 valence electrons. The second kappa shape index (κ2) is 5.73. The standard InChI is InChI=1S/C14H16N2O4/c1-9-13(18)15-12(17)8-16(9)14(19)10(2)20-11-6-4-3-5-7-11/h3-7,9-10H,8H2,1-2H3,(H,15,17,18). The van der Waals surface area contributed by atoms with Crippen LogP contribution in [0, 0.1) is 0 Å². The van der Waals surface area contributed by atoms with Gasteiger partial charge in [0.1, 0.15) is 18.3 Å². The van der Waals surface area contributed by atoms with Crippen LogP contribution in [0.2, 0.25) is 0 Å². The van der Waals surface area contributed by atoms with E-state index in [1.165, 1.54) is 4.90 Å². The largest absolute Gasteiger partial charge is 0.481 e. The summed E-state index contributed by atoms with van der Waals surface area (Å²) in [5.41, 5.74) is 0. The van der Waals surface area contributed by atoms with Crippen LogP contribution < -0.4 is 10.1 Å². The predicted molar refractivity (Wildman–Crippen MR) is 70.9 cm³/mol. The number of imide groups is 1. The molecule has 2 rings (SSSR count). The minimum atomic E-state index is -0.765. The van der Waals surface area contributed by atoms with E-state index in [0.29, 0.717) is 5.75 Å². The lowest BCUT2D eigenvalue weighted by molar-refractivity contribution is -0.152. The smallest absolute Gasteiger partial charge is 0.264 e. The van der Waals surface area contributed by atoms with E-state index < -0.39 is 24.0 Å². The highest BCUT2D eigenvalue weighted by Gasteiger charge is 2.36. The summed E-state index contributed by atoms with van der Waals surface area (Å²) in [6.07, 6.45) is -0.765. The van der Waals surface area contributed by atoms with Crippen LogP contribution in [0.3, 0.4) is 0 Å². The number of nitrogens with zero attached hydrogens (tertiary/aromatic N) is 1. The summed E-state index contributed by atoms with van der Waals surface area (Å²) in [5.74, 6) is -0.770. The summed E-state index contributed by atoms with van der Waals surface area (Å²) in [6.45, 7) is 3.04. The Hall–Kier alpha value is -2.37. The van der Waals surface area contributed by atoms with Crippen molar-refractivity contribution in [1.82, 2.24) is 10.2 Å². The molecule has 0 bridgehead atoms.